The molecule has 2 aromatic rings. The summed E-state index contributed by atoms with van der Waals surface area (Å²) in [5.74, 6) is 2.26. The predicted octanol–water partition coefficient (Wildman–Crippen LogP) is 1.79. The van der Waals surface area contributed by atoms with E-state index in [1.165, 1.54) is 0 Å². The molecule has 0 unspecified atom stereocenters. The van der Waals surface area contributed by atoms with Crippen LogP contribution in [-0.4, -0.2) is 41.3 Å². The summed E-state index contributed by atoms with van der Waals surface area (Å²) in [5, 5.41) is 6.58. The number of pyridine rings is 1. The van der Waals surface area contributed by atoms with E-state index >= 15 is 0 Å². The van der Waals surface area contributed by atoms with Crippen LogP contribution in [0.5, 0.6) is 0 Å². The number of nitrogens with zero attached hydrogens (tertiary/aromatic N) is 3. The molecule has 0 radical (unpaired) electrons. The molecule has 7 heteroatoms. The fourth-order valence-electron chi connectivity index (χ4n) is 2.60. The molecule has 2 aromatic heterocycles. The SMILES string of the molecule is Cc1cccnc1NCCNc1cc([C@H]2CCOC2)nc(N)n1. The van der Waals surface area contributed by atoms with Gasteiger partial charge in [0.2, 0.25) is 5.95 Å². The van der Waals surface area contributed by atoms with Crippen molar-refractivity contribution in [1.82, 2.24) is 15.0 Å². The lowest BCUT2D eigenvalue weighted by atomic mass is 10.0. The Bertz CT molecular complexity index is 657. The summed E-state index contributed by atoms with van der Waals surface area (Å²) < 4.78 is 5.41. The van der Waals surface area contributed by atoms with Crippen molar-refractivity contribution < 1.29 is 4.74 Å². The van der Waals surface area contributed by atoms with Gasteiger partial charge in [0.25, 0.3) is 0 Å². The molecule has 1 saturated heterocycles. The minimum Gasteiger partial charge on any atom is -0.381 e. The number of anilines is 3. The van der Waals surface area contributed by atoms with Crippen LogP contribution in [0.3, 0.4) is 0 Å². The Morgan fingerprint density at radius 1 is 1.30 bits per heavy atom. The summed E-state index contributed by atoms with van der Waals surface area (Å²) in [6, 6.07) is 5.92. The fourth-order valence-corrected chi connectivity index (χ4v) is 2.60. The summed E-state index contributed by atoms with van der Waals surface area (Å²) in [4.78, 5) is 12.9. The van der Waals surface area contributed by atoms with E-state index < -0.39 is 0 Å². The first-order valence-corrected chi connectivity index (χ1v) is 7.84. The Labute approximate surface area is 135 Å². The Kier molecular flexibility index (Phi) is 4.87. The first kappa shape index (κ1) is 15.5. The fraction of sp³-hybridized carbons (Fsp3) is 0.438. The number of aryl methyl sites for hydroxylation is 1. The van der Waals surface area contributed by atoms with Gasteiger partial charge in [-0.15, -0.1) is 0 Å². The number of aromatic nitrogens is 3. The number of rotatable bonds is 6. The van der Waals surface area contributed by atoms with Gasteiger partial charge in [0.1, 0.15) is 11.6 Å². The Morgan fingerprint density at radius 3 is 2.96 bits per heavy atom. The zero-order valence-corrected chi connectivity index (χ0v) is 13.2. The van der Waals surface area contributed by atoms with Gasteiger partial charge in [0.05, 0.1) is 12.3 Å². The van der Waals surface area contributed by atoms with E-state index in [-0.39, 0.29) is 0 Å². The third kappa shape index (κ3) is 4.07. The highest BCUT2D eigenvalue weighted by Crippen LogP contribution is 2.25. The molecule has 3 heterocycles. The third-order valence-corrected chi connectivity index (χ3v) is 3.84. The van der Waals surface area contributed by atoms with Gasteiger partial charge in [-0.2, -0.15) is 4.98 Å². The zero-order chi connectivity index (χ0) is 16.1. The molecule has 0 saturated carbocycles. The standard InChI is InChI=1S/C16H22N6O/c1-11-3-2-5-19-15(11)20-7-6-18-14-9-13(21-16(17)22-14)12-4-8-23-10-12/h2-3,5,9,12H,4,6-8,10H2,1H3,(H,19,20)(H3,17,18,21,22)/t12-/m0/s1. The molecule has 0 spiro atoms. The first-order valence-electron chi connectivity index (χ1n) is 7.84. The Balaban J connectivity index is 1.54. The van der Waals surface area contributed by atoms with E-state index in [1.807, 2.05) is 25.1 Å². The highest BCUT2D eigenvalue weighted by molar-refractivity contribution is 5.44. The third-order valence-electron chi connectivity index (χ3n) is 3.84. The Hall–Kier alpha value is -2.41. The number of hydrogen-bond acceptors (Lipinski definition) is 7. The van der Waals surface area contributed by atoms with Crippen molar-refractivity contribution in [3.05, 3.63) is 35.7 Å². The largest absolute Gasteiger partial charge is 0.381 e. The van der Waals surface area contributed by atoms with Crippen molar-refractivity contribution in [2.45, 2.75) is 19.3 Å². The Morgan fingerprint density at radius 2 is 2.17 bits per heavy atom. The molecule has 1 aliphatic heterocycles. The van der Waals surface area contributed by atoms with Gasteiger partial charge in [-0.3, -0.25) is 0 Å². The van der Waals surface area contributed by atoms with E-state index in [0.29, 0.717) is 25.0 Å². The molecule has 0 aromatic carbocycles. The molecule has 1 aliphatic rings. The summed E-state index contributed by atoms with van der Waals surface area (Å²) >= 11 is 0. The lowest BCUT2D eigenvalue weighted by Crippen LogP contribution is -2.16. The molecule has 3 rings (SSSR count). The summed E-state index contributed by atoms with van der Waals surface area (Å²) in [6.07, 6.45) is 2.76. The van der Waals surface area contributed by atoms with Gasteiger partial charge in [0.15, 0.2) is 0 Å². The molecule has 23 heavy (non-hydrogen) atoms. The average molecular weight is 314 g/mol. The predicted molar refractivity (Wildman–Crippen MR) is 90.6 cm³/mol. The maximum Gasteiger partial charge on any atom is 0.222 e. The summed E-state index contributed by atoms with van der Waals surface area (Å²) in [5.41, 5.74) is 7.89. The molecule has 0 amide bonds. The number of ether oxygens (including phenoxy) is 1. The summed E-state index contributed by atoms with van der Waals surface area (Å²) in [7, 11) is 0. The number of nitrogen functional groups attached to an aromatic ring is 1. The number of hydrogen-bond donors (Lipinski definition) is 3. The van der Waals surface area contributed by atoms with Gasteiger partial charge in [-0.25, -0.2) is 9.97 Å². The quantitative estimate of drug-likeness (QED) is 0.699. The van der Waals surface area contributed by atoms with Crippen LogP contribution >= 0.6 is 0 Å². The van der Waals surface area contributed by atoms with Crippen LogP contribution in [0.25, 0.3) is 0 Å². The normalized spacial score (nSPS) is 17.2. The molecule has 4 N–H and O–H groups in total. The van der Waals surface area contributed by atoms with Gasteiger partial charge >= 0.3 is 0 Å². The molecule has 122 valence electrons. The molecular weight excluding hydrogens is 292 g/mol. The molecular formula is C16H22N6O. The van der Waals surface area contributed by atoms with Crippen molar-refractivity contribution in [1.29, 1.82) is 0 Å². The molecule has 1 fully saturated rings. The van der Waals surface area contributed by atoms with Crippen molar-refractivity contribution in [3.8, 4) is 0 Å². The molecule has 7 nitrogen and oxygen atoms in total. The van der Waals surface area contributed by atoms with Gasteiger partial charge < -0.3 is 21.1 Å². The molecule has 0 aliphatic carbocycles. The number of nitrogens with two attached hydrogens (primary N) is 1. The van der Waals surface area contributed by atoms with Crippen molar-refractivity contribution in [3.63, 3.8) is 0 Å². The van der Waals surface area contributed by atoms with Crippen LogP contribution in [0, 0.1) is 6.92 Å². The van der Waals surface area contributed by atoms with E-state index in [9.17, 15) is 0 Å². The smallest absolute Gasteiger partial charge is 0.222 e. The molecule has 1 atom stereocenters. The van der Waals surface area contributed by atoms with Gasteiger partial charge in [-0.1, -0.05) is 6.07 Å². The van der Waals surface area contributed by atoms with Crippen LogP contribution in [0.4, 0.5) is 17.6 Å². The minimum absolute atomic E-state index is 0.297. The highest BCUT2D eigenvalue weighted by Gasteiger charge is 2.20. The van der Waals surface area contributed by atoms with Crippen molar-refractivity contribution in [2.75, 3.05) is 42.7 Å². The summed E-state index contributed by atoms with van der Waals surface area (Å²) in [6.45, 7) is 4.97. The maximum absolute atomic E-state index is 5.81. The monoisotopic (exact) mass is 314 g/mol. The van der Waals surface area contributed by atoms with E-state index in [2.05, 4.69) is 25.6 Å². The zero-order valence-electron chi connectivity index (χ0n) is 13.2. The number of nitrogens with one attached hydrogen (secondary N) is 2. The lowest BCUT2D eigenvalue weighted by molar-refractivity contribution is 0.193. The van der Waals surface area contributed by atoms with Crippen LogP contribution in [0.1, 0.15) is 23.6 Å². The first-order chi connectivity index (χ1) is 11.2. The van der Waals surface area contributed by atoms with E-state index in [4.69, 9.17) is 10.5 Å². The van der Waals surface area contributed by atoms with Crippen LogP contribution in [0.2, 0.25) is 0 Å². The second kappa shape index (κ2) is 7.23. The second-order valence-electron chi connectivity index (χ2n) is 5.62. The van der Waals surface area contributed by atoms with Crippen LogP contribution in [-0.2, 0) is 4.74 Å². The second-order valence-corrected chi connectivity index (χ2v) is 5.62. The van der Waals surface area contributed by atoms with Gasteiger partial charge in [0, 0.05) is 37.9 Å². The van der Waals surface area contributed by atoms with Crippen molar-refractivity contribution in [2.24, 2.45) is 0 Å². The topological polar surface area (TPSA) is 98.0 Å². The maximum atomic E-state index is 5.81. The lowest BCUT2D eigenvalue weighted by Gasteiger charge is -2.12. The van der Waals surface area contributed by atoms with Crippen LogP contribution < -0.4 is 16.4 Å². The van der Waals surface area contributed by atoms with Crippen molar-refractivity contribution >= 4 is 17.6 Å². The van der Waals surface area contributed by atoms with E-state index in [0.717, 1.165) is 42.5 Å². The van der Waals surface area contributed by atoms with Gasteiger partial charge in [-0.05, 0) is 25.0 Å². The molecule has 0 bridgehead atoms. The van der Waals surface area contributed by atoms with E-state index in [1.54, 1.807) is 6.20 Å². The highest BCUT2D eigenvalue weighted by atomic mass is 16.5. The van der Waals surface area contributed by atoms with Crippen LogP contribution in [0.15, 0.2) is 24.4 Å². The average Bonchev–Trinajstić information content (AvgIpc) is 3.07. The minimum atomic E-state index is 0.297.